The number of halogens is 1. The average Bonchev–Trinajstić information content (AvgIpc) is 2.74. The number of carboxylic acid groups (broad SMARTS) is 1. The number of anilines is 1. The summed E-state index contributed by atoms with van der Waals surface area (Å²) in [5, 5.41) is 8.78. The second-order valence-electron chi connectivity index (χ2n) is 2.93. The molecule has 0 aromatic carbocycles. The molecule has 0 atom stereocenters. The van der Waals surface area contributed by atoms with Crippen molar-refractivity contribution >= 4 is 23.3 Å². The first-order chi connectivity index (χ1) is 7.59. The van der Waals surface area contributed by atoms with Crippen LogP contribution in [-0.4, -0.2) is 21.0 Å². The van der Waals surface area contributed by atoms with E-state index in [1.54, 1.807) is 0 Å². The van der Waals surface area contributed by atoms with Gasteiger partial charge >= 0.3 is 5.97 Å². The fourth-order valence-corrected chi connectivity index (χ4v) is 1.34. The number of carbonyl (C=O) groups is 1. The van der Waals surface area contributed by atoms with E-state index >= 15 is 0 Å². The van der Waals surface area contributed by atoms with E-state index in [9.17, 15) is 4.79 Å². The van der Waals surface area contributed by atoms with Crippen LogP contribution in [0.25, 0.3) is 11.5 Å². The molecular weight excluding hydrogens is 234 g/mol. The smallest absolute Gasteiger partial charge is 0.356 e. The highest BCUT2D eigenvalue weighted by Gasteiger charge is 2.16. The summed E-state index contributed by atoms with van der Waals surface area (Å²) in [4.78, 5) is 18.4. The van der Waals surface area contributed by atoms with Crippen molar-refractivity contribution in [3.05, 3.63) is 29.4 Å². The van der Waals surface area contributed by atoms with Gasteiger partial charge in [-0.05, 0) is 6.07 Å². The van der Waals surface area contributed by atoms with E-state index in [-0.39, 0.29) is 22.1 Å². The van der Waals surface area contributed by atoms with Crippen LogP contribution in [0.5, 0.6) is 0 Å². The minimum absolute atomic E-state index is 0.0873. The summed E-state index contributed by atoms with van der Waals surface area (Å²) >= 11 is 5.71. The Morgan fingerprint density at radius 3 is 2.88 bits per heavy atom. The van der Waals surface area contributed by atoms with Crippen LogP contribution in [0.2, 0.25) is 5.02 Å². The standard InChI is InChI=1S/C9H6ClN3O3/c10-7-4(11)1-5(6-2-12-3-16-6)13-8(7)9(14)15/h1-3H,(H2,11,13)(H,14,15). The van der Waals surface area contributed by atoms with Gasteiger partial charge in [-0.15, -0.1) is 0 Å². The van der Waals surface area contributed by atoms with Gasteiger partial charge in [0, 0.05) is 0 Å². The van der Waals surface area contributed by atoms with E-state index in [1.807, 2.05) is 0 Å². The zero-order valence-corrected chi connectivity index (χ0v) is 8.60. The maximum Gasteiger partial charge on any atom is 0.356 e. The van der Waals surface area contributed by atoms with Crippen molar-refractivity contribution in [2.45, 2.75) is 0 Å². The molecule has 0 amide bonds. The quantitative estimate of drug-likeness (QED) is 0.826. The van der Waals surface area contributed by atoms with Crippen LogP contribution in [0, 0.1) is 0 Å². The number of hydrogen-bond acceptors (Lipinski definition) is 5. The molecule has 0 unspecified atom stereocenters. The molecule has 0 spiro atoms. The lowest BCUT2D eigenvalue weighted by Crippen LogP contribution is -2.05. The van der Waals surface area contributed by atoms with Crippen LogP contribution in [0.4, 0.5) is 5.69 Å². The summed E-state index contributed by atoms with van der Waals surface area (Å²) in [6, 6.07) is 1.43. The van der Waals surface area contributed by atoms with Crippen molar-refractivity contribution in [2.75, 3.05) is 5.73 Å². The fraction of sp³-hybridized carbons (Fsp3) is 0. The predicted octanol–water partition coefficient (Wildman–Crippen LogP) is 1.67. The van der Waals surface area contributed by atoms with Gasteiger partial charge in [0.1, 0.15) is 5.69 Å². The number of rotatable bonds is 2. The summed E-state index contributed by atoms with van der Waals surface area (Å²) in [6.45, 7) is 0. The number of aromatic nitrogens is 2. The predicted molar refractivity (Wildman–Crippen MR) is 56.1 cm³/mol. The zero-order valence-electron chi connectivity index (χ0n) is 7.85. The van der Waals surface area contributed by atoms with Crippen molar-refractivity contribution in [3.63, 3.8) is 0 Å². The molecule has 3 N–H and O–H groups in total. The van der Waals surface area contributed by atoms with Crippen LogP contribution in [-0.2, 0) is 0 Å². The van der Waals surface area contributed by atoms with Gasteiger partial charge in [0.2, 0.25) is 0 Å². The third kappa shape index (κ3) is 1.70. The number of aromatic carboxylic acids is 1. The van der Waals surface area contributed by atoms with Gasteiger partial charge in [-0.25, -0.2) is 14.8 Å². The fourth-order valence-electron chi connectivity index (χ4n) is 1.16. The zero-order chi connectivity index (χ0) is 11.7. The number of carboxylic acids is 1. The summed E-state index contributed by atoms with van der Waals surface area (Å²) in [7, 11) is 0. The summed E-state index contributed by atoms with van der Waals surface area (Å²) in [5.74, 6) is -0.927. The van der Waals surface area contributed by atoms with E-state index < -0.39 is 5.97 Å². The van der Waals surface area contributed by atoms with Gasteiger partial charge in [-0.1, -0.05) is 11.6 Å². The number of pyridine rings is 1. The molecule has 16 heavy (non-hydrogen) atoms. The first-order valence-corrected chi connectivity index (χ1v) is 4.55. The van der Waals surface area contributed by atoms with Gasteiger partial charge < -0.3 is 15.3 Å². The van der Waals surface area contributed by atoms with Gasteiger partial charge in [0.15, 0.2) is 17.8 Å². The average molecular weight is 240 g/mol. The summed E-state index contributed by atoms with van der Waals surface area (Å²) < 4.78 is 4.98. The number of nitrogens with two attached hydrogens (primary N) is 1. The lowest BCUT2D eigenvalue weighted by Gasteiger charge is -2.04. The maximum absolute atomic E-state index is 10.8. The molecule has 0 aliphatic rings. The molecule has 2 rings (SSSR count). The molecule has 6 nitrogen and oxygen atoms in total. The minimum Gasteiger partial charge on any atom is -0.476 e. The summed E-state index contributed by atoms with van der Waals surface area (Å²) in [6.07, 6.45) is 2.61. The Kier molecular flexibility index (Phi) is 2.49. The number of nitrogen functional groups attached to an aromatic ring is 1. The van der Waals surface area contributed by atoms with Crippen LogP contribution >= 0.6 is 11.6 Å². The van der Waals surface area contributed by atoms with Crippen molar-refractivity contribution < 1.29 is 14.3 Å². The number of hydrogen-bond donors (Lipinski definition) is 2. The highest BCUT2D eigenvalue weighted by molar-refractivity contribution is 6.35. The molecule has 0 radical (unpaired) electrons. The van der Waals surface area contributed by atoms with Crippen LogP contribution in [0.1, 0.15) is 10.5 Å². The molecule has 2 aromatic heterocycles. The second kappa shape index (κ2) is 3.82. The van der Waals surface area contributed by atoms with E-state index in [1.165, 1.54) is 18.7 Å². The lowest BCUT2D eigenvalue weighted by atomic mass is 10.2. The van der Waals surface area contributed by atoms with Gasteiger partial charge in [-0.2, -0.15) is 0 Å². The van der Waals surface area contributed by atoms with Gasteiger partial charge in [0.05, 0.1) is 16.9 Å². The molecule has 82 valence electrons. The van der Waals surface area contributed by atoms with Gasteiger partial charge in [0.25, 0.3) is 0 Å². The molecule has 2 heterocycles. The van der Waals surface area contributed by atoms with E-state index in [0.29, 0.717) is 5.76 Å². The SMILES string of the molecule is Nc1cc(-c2cnco2)nc(C(=O)O)c1Cl. The monoisotopic (exact) mass is 239 g/mol. The van der Waals surface area contributed by atoms with E-state index in [0.717, 1.165) is 0 Å². The van der Waals surface area contributed by atoms with Crippen LogP contribution < -0.4 is 5.73 Å². The molecule has 0 aliphatic carbocycles. The Morgan fingerprint density at radius 2 is 2.31 bits per heavy atom. The normalized spacial score (nSPS) is 10.3. The third-order valence-electron chi connectivity index (χ3n) is 1.87. The molecule has 7 heteroatoms. The highest BCUT2D eigenvalue weighted by atomic mass is 35.5. The Morgan fingerprint density at radius 1 is 1.56 bits per heavy atom. The maximum atomic E-state index is 10.8. The lowest BCUT2D eigenvalue weighted by molar-refractivity contribution is 0.0691. The molecular formula is C9H6ClN3O3. The van der Waals surface area contributed by atoms with E-state index in [4.69, 9.17) is 26.9 Å². The largest absolute Gasteiger partial charge is 0.476 e. The molecule has 0 bridgehead atoms. The highest BCUT2D eigenvalue weighted by Crippen LogP contribution is 2.27. The van der Waals surface area contributed by atoms with Crippen LogP contribution in [0.15, 0.2) is 23.1 Å². The molecule has 0 saturated heterocycles. The Labute approximate surface area is 94.7 Å². The molecule has 0 fully saturated rings. The Hall–Kier alpha value is -2.08. The topological polar surface area (TPSA) is 102 Å². The Bertz CT molecular complexity index is 539. The van der Waals surface area contributed by atoms with Crippen molar-refractivity contribution in [2.24, 2.45) is 0 Å². The first-order valence-electron chi connectivity index (χ1n) is 4.17. The minimum atomic E-state index is -1.25. The van der Waals surface area contributed by atoms with Crippen molar-refractivity contribution in [1.82, 2.24) is 9.97 Å². The van der Waals surface area contributed by atoms with Gasteiger partial charge in [-0.3, -0.25) is 0 Å². The first kappa shape index (κ1) is 10.4. The molecule has 0 saturated carbocycles. The second-order valence-corrected chi connectivity index (χ2v) is 3.31. The molecule has 0 aliphatic heterocycles. The molecule has 2 aromatic rings. The number of oxazole rings is 1. The summed E-state index contributed by atoms with van der Waals surface area (Å²) in [5.41, 5.74) is 5.66. The van der Waals surface area contributed by atoms with Crippen LogP contribution in [0.3, 0.4) is 0 Å². The van der Waals surface area contributed by atoms with Crippen molar-refractivity contribution in [1.29, 1.82) is 0 Å². The Balaban J connectivity index is 2.62. The third-order valence-corrected chi connectivity index (χ3v) is 2.27. The number of nitrogens with zero attached hydrogens (tertiary/aromatic N) is 2. The van der Waals surface area contributed by atoms with E-state index in [2.05, 4.69) is 9.97 Å². The van der Waals surface area contributed by atoms with Crippen molar-refractivity contribution in [3.8, 4) is 11.5 Å².